The van der Waals surface area contributed by atoms with Crippen LogP contribution in [0.15, 0.2) is 24.3 Å². The largest absolute Gasteiger partial charge is 0.480 e. The Labute approximate surface area is 89.1 Å². The summed E-state index contributed by atoms with van der Waals surface area (Å²) in [7, 11) is 0. The van der Waals surface area contributed by atoms with Crippen LogP contribution in [0.5, 0.6) is 0 Å². The molecule has 4 heteroatoms. The van der Waals surface area contributed by atoms with E-state index in [1.165, 1.54) is 0 Å². The van der Waals surface area contributed by atoms with E-state index in [9.17, 15) is 4.79 Å². The smallest absolute Gasteiger partial charge is 0.325 e. The summed E-state index contributed by atoms with van der Waals surface area (Å²) in [5.41, 5.74) is 3.32. The topological polar surface area (TPSA) is 75.3 Å². The Bertz CT molecular complexity index is 348. The van der Waals surface area contributed by atoms with Gasteiger partial charge >= 0.3 is 5.97 Å². The molecule has 0 aliphatic rings. The van der Waals surface area contributed by atoms with Gasteiger partial charge in [-0.15, -0.1) is 0 Å². The fraction of sp³-hybridized carbons (Fsp3) is 0.364. The van der Waals surface area contributed by atoms with Gasteiger partial charge in [0.2, 0.25) is 0 Å². The van der Waals surface area contributed by atoms with E-state index in [1.54, 1.807) is 6.92 Å². The lowest BCUT2D eigenvalue weighted by atomic mass is 9.93. The van der Waals surface area contributed by atoms with Gasteiger partial charge in [-0.3, -0.25) is 10.6 Å². The van der Waals surface area contributed by atoms with Crippen LogP contribution >= 0.6 is 0 Å². The van der Waals surface area contributed by atoms with Crippen molar-refractivity contribution in [3.8, 4) is 0 Å². The van der Waals surface area contributed by atoms with Gasteiger partial charge in [-0.05, 0) is 19.4 Å². The number of carboxylic acids is 1. The molecule has 1 unspecified atom stereocenters. The average Bonchev–Trinajstić information content (AvgIpc) is 2.21. The number of aliphatic carboxylic acids is 1. The maximum absolute atomic E-state index is 11.0. The maximum atomic E-state index is 11.0. The first-order valence-corrected chi connectivity index (χ1v) is 4.74. The van der Waals surface area contributed by atoms with Gasteiger partial charge in [0.1, 0.15) is 5.54 Å². The van der Waals surface area contributed by atoms with Crippen molar-refractivity contribution in [2.24, 2.45) is 5.84 Å². The monoisotopic (exact) mass is 208 g/mol. The number of rotatable bonds is 4. The number of hydrazine groups is 1. The lowest BCUT2D eigenvalue weighted by Gasteiger charge is -2.23. The molecule has 82 valence electrons. The van der Waals surface area contributed by atoms with Crippen LogP contribution in [0.2, 0.25) is 0 Å². The fourth-order valence-corrected chi connectivity index (χ4v) is 1.30. The van der Waals surface area contributed by atoms with Crippen LogP contribution in [0.25, 0.3) is 0 Å². The molecule has 4 nitrogen and oxygen atoms in total. The lowest BCUT2D eigenvalue weighted by molar-refractivity contribution is -0.144. The molecule has 0 spiro atoms. The highest BCUT2D eigenvalue weighted by Gasteiger charge is 2.31. The molecule has 0 aromatic heterocycles. The number of carbonyl (C=O) groups is 1. The Morgan fingerprint density at radius 3 is 2.40 bits per heavy atom. The highest BCUT2D eigenvalue weighted by Crippen LogP contribution is 2.13. The summed E-state index contributed by atoms with van der Waals surface area (Å²) in [6.07, 6.45) is 0.360. The second kappa shape index (κ2) is 4.42. The first-order valence-electron chi connectivity index (χ1n) is 4.74. The van der Waals surface area contributed by atoms with Gasteiger partial charge in [0.15, 0.2) is 0 Å². The summed E-state index contributed by atoms with van der Waals surface area (Å²) in [6.45, 7) is 3.55. The van der Waals surface area contributed by atoms with Crippen molar-refractivity contribution < 1.29 is 9.90 Å². The minimum atomic E-state index is -1.12. The first kappa shape index (κ1) is 11.7. The molecule has 0 fully saturated rings. The van der Waals surface area contributed by atoms with Crippen molar-refractivity contribution in [1.29, 1.82) is 0 Å². The van der Waals surface area contributed by atoms with Crippen LogP contribution in [0, 0.1) is 6.92 Å². The SMILES string of the molecule is Cc1ccc(CC(C)(NN)C(=O)O)cc1. The minimum absolute atomic E-state index is 0.360. The van der Waals surface area contributed by atoms with E-state index in [4.69, 9.17) is 10.9 Å². The third-order valence-electron chi connectivity index (χ3n) is 2.47. The number of hydrogen-bond donors (Lipinski definition) is 3. The molecule has 0 radical (unpaired) electrons. The molecule has 4 N–H and O–H groups in total. The summed E-state index contributed by atoms with van der Waals surface area (Å²) < 4.78 is 0. The minimum Gasteiger partial charge on any atom is -0.480 e. The predicted molar refractivity (Wildman–Crippen MR) is 58.2 cm³/mol. The summed E-state index contributed by atoms with van der Waals surface area (Å²) >= 11 is 0. The van der Waals surface area contributed by atoms with Gasteiger partial charge in [-0.1, -0.05) is 29.8 Å². The number of aryl methyl sites for hydroxylation is 1. The van der Waals surface area contributed by atoms with Crippen LogP contribution in [0.4, 0.5) is 0 Å². The van der Waals surface area contributed by atoms with E-state index < -0.39 is 11.5 Å². The Hall–Kier alpha value is -1.39. The maximum Gasteiger partial charge on any atom is 0.325 e. The van der Waals surface area contributed by atoms with Crippen molar-refractivity contribution in [2.45, 2.75) is 25.8 Å². The van der Waals surface area contributed by atoms with E-state index in [1.807, 2.05) is 31.2 Å². The standard InChI is InChI=1S/C11H16N2O2/c1-8-3-5-9(6-4-8)7-11(2,13-12)10(14)15/h3-6,13H,7,12H2,1-2H3,(H,14,15). The zero-order valence-electron chi connectivity index (χ0n) is 8.95. The van der Waals surface area contributed by atoms with Crippen LogP contribution in [0.3, 0.4) is 0 Å². The Morgan fingerprint density at radius 1 is 1.47 bits per heavy atom. The van der Waals surface area contributed by atoms with Gasteiger partial charge in [0.25, 0.3) is 0 Å². The van der Waals surface area contributed by atoms with Crippen LogP contribution < -0.4 is 11.3 Å². The first-order chi connectivity index (χ1) is 6.98. The van der Waals surface area contributed by atoms with E-state index in [0.29, 0.717) is 6.42 Å². The number of carboxylic acid groups (broad SMARTS) is 1. The number of benzene rings is 1. The van der Waals surface area contributed by atoms with Crippen LogP contribution in [0.1, 0.15) is 18.1 Å². The molecule has 1 aromatic rings. The molecule has 0 aliphatic carbocycles. The normalized spacial score (nSPS) is 14.6. The molecule has 0 saturated carbocycles. The van der Waals surface area contributed by atoms with Gasteiger partial charge < -0.3 is 5.11 Å². The van der Waals surface area contributed by atoms with Gasteiger partial charge in [0.05, 0.1) is 0 Å². The fourth-order valence-electron chi connectivity index (χ4n) is 1.30. The quantitative estimate of drug-likeness (QED) is 0.506. The molecule has 0 amide bonds. The summed E-state index contributed by atoms with van der Waals surface area (Å²) in [4.78, 5) is 11.0. The number of nitrogens with two attached hydrogens (primary N) is 1. The molecule has 0 aliphatic heterocycles. The molecule has 1 aromatic carbocycles. The molecule has 1 atom stereocenters. The molecular weight excluding hydrogens is 192 g/mol. The zero-order valence-corrected chi connectivity index (χ0v) is 8.95. The Kier molecular flexibility index (Phi) is 3.44. The zero-order chi connectivity index (χ0) is 11.5. The van der Waals surface area contributed by atoms with Crippen LogP contribution in [-0.2, 0) is 11.2 Å². The molecule has 0 heterocycles. The number of hydrogen-bond acceptors (Lipinski definition) is 3. The molecule has 0 bridgehead atoms. The number of nitrogens with one attached hydrogen (secondary N) is 1. The van der Waals surface area contributed by atoms with Crippen molar-refractivity contribution in [3.05, 3.63) is 35.4 Å². The molecular formula is C11H16N2O2. The van der Waals surface area contributed by atoms with E-state index >= 15 is 0 Å². The third kappa shape index (κ3) is 2.78. The van der Waals surface area contributed by atoms with Gasteiger partial charge in [0, 0.05) is 6.42 Å². The summed E-state index contributed by atoms with van der Waals surface area (Å²) in [6, 6.07) is 7.73. The van der Waals surface area contributed by atoms with E-state index in [-0.39, 0.29) is 0 Å². The summed E-state index contributed by atoms with van der Waals surface area (Å²) in [5, 5.41) is 9.01. The van der Waals surface area contributed by atoms with E-state index in [2.05, 4.69) is 5.43 Å². The summed E-state index contributed by atoms with van der Waals surface area (Å²) in [5.74, 6) is 4.30. The molecule has 0 saturated heterocycles. The molecule has 15 heavy (non-hydrogen) atoms. The lowest BCUT2D eigenvalue weighted by Crippen LogP contribution is -2.54. The van der Waals surface area contributed by atoms with Crippen molar-refractivity contribution in [3.63, 3.8) is 0 Å². The second-order valence-electron chi connectivity index (χ2n) is 3.94. The van der Waals surface area contributed by atoms with E-state index in [0.717, 1.165) is 11.1 Å². The van der Waals surface area contributed by atoms with Crippen molar-refractivity contribution in [2.75, 3.05) is 0 Å². The van der Waals surface area contributed by atoms with Crippen LogP contribution in [-0.4, -0.2) is 16.6 Å². The highest BCUT2D eigenvalue weighted by atomic mass is 16.4. The highest BCUT2D eigenvalue weighted by molar-refractivity contribution is 5.78. The van der Waals surface area contributed by atoms with Crippen molar-refractivity contribution >= 4 is 5.97 Å². The van der Waals surface area contributed by atoms with Gasteiger partial charge in [-0.2, -0.15) is 0 Å². The average molecular weight is 208 g/mol. The predicted octanol–water partition coefficient (Wildman–Crippen LogP) is 0.844. The Balaban J connectivity index is 2.84. The molecule has 1 rings (SSSR count). The third-order valence-corrected chi connectivity index (χ3v) is 2.47. The Morgan fingerprint density at radius 2 is 2.00 bits per heavy atom. The van der Waals surface area contributed by atoms with Crippen molar-refractivity contribution in [1.82, 2.24) is 5.43 Å². The second-order valence-corrected chi connectivity index (χ2v) is 3.94. The van der Waals surface area contributed by atoms with Gasteiger partial charge in [-0.25, -0.2) is 5.43 Å².